The van der Waals surface area contributed by atoms with Crippen LogP contribution in [0.2, 0.25) is 0 Å². The van der Waals surface area contributed by atoms with Crippen LogP contribution in [-0.4, -0.2) is 80.5 Å². The Balaban J connectivity index is 1.15. The molecule has 1 aliphatic rings. The van der Waals surface area contributed by atoms with Gasteiger partial charge >= 0.3 is 7.82 Å². The van der Waals surface area contributed by atoms with Crippen LogP contribution in [0.25, 0.3) is 5.52 Å². The fraction of sp³-hybridized carbons (Fsp3) is 0.675. The molecule has 6 atom stereocenters. The zero-order valence-corrected chi connectivity index (χ0v) is 33.3. The van der Waals surface area contributed by atoms with Crippen LogP contribution in [0.1, 0.15) is 121 Å². The van der Waals surface area contributed by atoms with E-state index in [9.17, 15) is 24.9 Å². The molecule has 0 radical (unpaired) electrons. The Kier molecular flexibility index (Phi) is 19.5. The van der Waals surface area contributed by atoms with Gasteiger partial charge in [0.25, 0.3) is 0 Å². The van der Waals surface area contributed by atoms with Crippen LogP contribution in [-0.2, 0) is 40.0 Å². The van der Waals surface area contributed by atoms with Crippen molar-refractivity contribution in [3.63, 3.8) is 0 Å². The van der Waals surface area contributed by atoms with E-state index in [0.717, 1.165) is 50.9 Å². The fourth-order valence-corrected chi connectivity index (χ4v) is 7.60. The summed E-state index contributed by atoms with van der Waals surface area (Å²) in [5, 5.41) is 36.0. The smallest absolute Gasteiger partial charge is 0.387 e. The first-order valence-electron chi connectivity index (χ1n) is 20.1. The number of rotatable bonds is 29. The summed E-state index contributed by atoms with van der Waals surface area (Å²) in [6, 6.07) is 14.6. The number of hydrogen-bond donors (Lipinski definition) is 4. The van der Waals surface area contributed by atoms with E-state index in [0.29, 0.717) is 18.5 Å². The van der Waals surface area contributed by atoms with Crippen molar-refractivity contribution in [3.8, 4) is 6.07 Å². The van der Waals surface area contributed by atoms with Crippen molar-refractivity contribution in [1.29, 1.82) is 5.26 Å². The van der Waals surface area contributed by atoms with Crippen LogP contribution in [0.4, 0.5) is 5.82 Å². The highest BCUT2D eigenvalue weighted by Gasteiger charge is 2.58. The molecule has 15 heteroatoms. The average molecular weight is 788 g/mol. The van der Waals surface area contributed by atoms with Crippen LogP contribution in [0, 0.1) is 11.3 Å². The minimum atomic E-state index is -4.66. The number of anilines is 1. The Morgan fingerprint density at radius 1 is 0.927 bits per heavy atom. The molecule has 0 spiro atoms. The van der Waals surface area contributed by atoms with Gasteiger partial charge in [-0.2, -0.15) is 10.4 Å². The lowest BCUT2D eigenvalue weighted by Crippen LogP contribution is -2.41. The number of phosphoric ester groups is 1. The summed E-state index contributed by atoms with van der Waals surface area (Å²) >= 11 is 0. The van der Waals surface area contributed by atoms with Gasteiger partial charge in [0.15, 0.2) is 5.82 Å². The molecule has 0 aliphatic carbocycles. The lowest BCUT2D eigenvalue weighted by molar-refractivity contribution is -0.0658. The quantitative estimate of drug-likeness (QED) is 0.0408. The number of aliphatic hydroxyl groups is 2. The van der Waals surface area contributed by atoms with E-state index in [1.165, 1.54) is 81.1 Å². The highest BCUT2D eigenvalue weighted by molar-refractivity contribution is 7.47. The minimum Gasteiger partial charge on any atom is -0.387 e. The maximum atomic E-state index is 13.0. The maximum absolute atomic E-state index is 13.0. The zero-order valence-electron chi connectivity index (χ0n) is 32.4. The Morgan fingerprint density at radius 2 is 1.56 bits per heavy atom. The molecular weight excluding hydrogens is 725 g/mol. The third-order valence-electron chi connectivity index (χ3n) is 10.1. The second-order valence-corrected chi connectivity index (χ2v) is 15.9. The van der Waals surface area contributed by atoms with Crippen LogP contribution in [0.3, 0.4) is 0 Å². The van der Waals surface area contributed by atoms with Crippen LogP contribution in [0.15, 0.2) is 48.8 Å². The van der Waals surface area contributed by atoms with Gasteiger partial charge in [-0.05, 0) is 37.0 Å². The molecule has 1 fully saturated rings. The van der Waals surface area contributed by atoms with Crippen LogP contribution < -0.4 is 5.73 Å². The van der Waals surface area contributed by atoms with Crippen molar-refractivity contribution in [2.24, 2.45) is 0 Å². The molecule has 306 valence electrons. The van der Waals surface area contributed by atoms with Gasteiger partial charge < -0.3 is 35.1 Å². The molecule has 2 aromatic heterocycles. The van der Waals surface area contributed by atoms with Crippen molar-refractivity contribution in [2.75, 3.05) is 32.2 Å². The summed E-state index contributed by atoms with van der Waals surface area (Å²) in [6.45, 7) is 3.46. The summed E-state index contributed by atoms with van der Waals surface area (Å²) < 4.78 is 42.6. The number of nitriles is 1. The number of ether oxygens (including phenoxy) is 3. The van der Waals surface area contributed by atoms with Gasteiger partial charge in [-0.25, -0.2) is 14.1 Å². The molecule has 4 rings (SSSR count). The Hall–Kier alpha value is -2.96. The van der Waals surface area contributed by atoms with Crippen LogP contribution in [0.5, 0.6) is 0 Å². The number of unbranched alkanes of at least 4 members (excludes halogenated alkanes) is 13. The number of benzene rings is 1. The summed E-state index contributed by atoms with van der Waals surface area (Å²) in [7, 11) is -4.66. The minimum absolute atomic E-state index is 0.102. The molecular formula is C40H62N5O9P. The Morgan fingerprint density at radius 3 is 2.22 bits per heavy atom. The van der Waals surface area contributed by atoms with Gasteiger partial charge in [0.1, 0.15) is 36.2 Å². The molecule has 5 N–H and O–H groups in total. The number of nitrogens with two attached hydrogens (primary N) is 1. The molecule has 0 amide bonds. The molecule has 0 bridgehead atoms. The van der Waals surface area contributed by atoms with E-state index in [1.807, 2.05) is 36.4 Å². The average Bonchev–Trinajstić information content (AvgIpc) is 3.74. The van der Waals surface area contributed by atoms with Gasteiger partial charge in [-0.1, -0.05) is 121 Å². The highest BCUT2D eigenvalue weighted by atomic mass is 31.2. The molecule has 1 aromatic carbocycles. The molecule has 3 aromatic rings. The Bertz CT molecular complexity index is 1610. The van der Waals surface area contributed by atoms with E-state index in [4.69, 9.17) is 29.0 Å². The highest BCUT2D eigenvalue weighted by Crippen LogP contribution is 2.46. The van der Waals surface area contributed by atoms with Gasteiger partial charge in [-0.3, -0.25) is 9.05 Å². The van der Waals surface area contributed by atoms with Crippen molar-refractivity contribution < 1.29 is 42.9 Å². The number of aliphatic hydroxyl groups excluding tert-OH is 2. The first kappa shape index (κ1) is 44.8. The third-order valence-corrected chi connectivity index (χ3v) is 11.0. The SMILES string of the molecule is CCCCCCCCCOCCCCCCCCCC[C@H](COP(=O)(O)OC[C@H]1O[C@@](C#N)(c2ccc3c(N)ncnn23)C(O)[C@H]1O)OCc1ccccc1. The maximum Gasteiger partial charge on any atom is 0.472 e. The number of nitrogens with zero attached hydrogens (tertiary/aromatic N) is 4. The predicted octanol–water partition coefficient (Wildman–Crippen LogP) is 7.15. The Labute approximate surface area is 325 Å². The molecule has 55 heavy (non-hydrogen) atoms. The number of hydrogen-bond acceptors (Lipinski definition) is 12. The largest absolute Gasteiger partial charge is 0.472 e. The second-order valence-electron chi connectivity index (χ2n) is 14.4. The van der Waals surface area contributed by atoms with Crippen molar-refractivity contribution in [3.05, 3.63) is 60.0 Å². The molecule has 2 unspecified atom stereocenters. The second kappa shape index (κ2) is 24.0. The molecule has 14 nitrogen and oxygen atoms in total. The molecule has 3 heterocycles. The van der Waals surface area contributed by atoms with Crippen molar-refractivity contribution in [2.45, 2.75) is 146 Å². The van der Waals surface area contributed by atoms with Gasteiger partial charge in [-0.15, -0.1) is 0 Å². The van der Waals surface area contributed by atoms with Crippen molar-refractivity contribution >= 4 is 19.2 Å². The standard InChI is InChI=1S/C40H62N5O9P/c1-2-3-4-5-9-12-18-25-50-26-19-13-10-7-6-8-11-17-22-33(51-27-32-20-15-14-16-21-32)28-52-55(48,49)53-29-35-37(46)38(47)40(30-41,54-35)36-24-23-34-39(42)43-31-44-45(34)36/h14-16,20-21,23-24,31,33,35,37-38,46-47H,2-13,17-19,22,25-29H2,1H3,(H,48,49)(H2,42,43,44)/t33-,35-,37+,38?,40+/m1/s1. The fourth-order valence-electron chi connectivity index (χ4n) is 6.84. The summed E-state index contributed by atoms with van der Waals surface area (Å²) in [5.41, 5.74) is 5.28. The summed E-state index contributed by atoms with van der Waals surface area (Å²) in [5.74, 6) is 0.142. The zero-order chi connectivity index (χ0) is 39.4. The van der Waals surface area contributed by atoms with Crippen molar-refractivity contribution in [1.82, 2.24) is 14.6 Å². The summed E-state index contributed by atoms with van der Waals surface area (Å²) in [4.78, 5) is 14.5. The molecule has 1 saturated heterocycles. The van der Waals surface area contributed by atoms with E-state index in [-0.39, 0.29) is 18.1 Å². The van der Waals surface area contributed by atoms with E-state index in [2.05, 4.69) is 17.0 Å². The third kappa shape index (κ3) is 14.2. The normalized spacial score (nSPS) is 21.5. The number of nitrogen functional groups attached to an aromatic ring is 1. The molecule has 0 saturated carbocycles. The van der Waals surface area contributed by atoms with Gasteiger partial charge in [0, 0.05) is 13.2 Å². The van der Waals surface area contributed by atoms with Gasteiger partial charge in [0.2, 0.25) is 5.60 Å². The van der Waals surface area contributed by atoms with Crippen LogP contribution >= 0.6 is 7.82 Å². The molecule has 1 aliphatic heterocycles. The monoisotopic (exact) mass is 787 g/mol. The number of fused-ring (bicyclic) bond motifs is 1. The lowest BCUT2D eigenvalue weighted by atomic mass is 9.92. The number of phosphoric acid groups is 1. The summed E-state index contributed by atoms with van der Waals surface area (Å²) in [6.07, 6.45) is 14.6. The topological polar surface area (TPSA) is 204 Å². The lowest BCUT2D eigenvalue weighted by Gasteiger charge is -2.24. The number of aromatic nitrogens is 3. The van der Waals surface area contributed by atoms with E-state index in [1.54, 1.807) is 6.07 Å². The first-order chi connectivity index (χ1) is 26.7. The first-order valence-corrected chi connectivity index (χ1v) is 21.6. The van der Waals surface area contributed by atoms with E-state index < -0.39 is 44.4 Å². The van der Waals surface area contributed by atoms with E-state index >= 15 is 0 Å². The van der Waals surface area contributed by atoms with Gasteiger partial charge in [0.05, 0.1) is 31.6 Å². The predicted molar refractivity (Wildman–Crippen MR) is 209 cm³/mol.